The monoisotopic (exact) mass is 497 g/mol. The number of alkyl halides is 2. The van der Waals surface area contributed by atoms with E-state index in [4.69, 9.17) is 0 Å². The van der Waals surface area contributed by atoms with Gasteiger partial charge >= 0.3 is 0 Å². The van der Waals surface area contributed by atoms with Gasteiger partial charge in [-0.1, -0.05) is 6.07 Å². The molecule has 0 radical (unpaired) electrons. The van der Waals surface area contributed by atoms with Gasteiger partial charge in [-0.25, -0.2) is 8.78 Å². The molecule has 4 amide bonds. The summed E-state index contributed by atoms with van der Waals surface area (Å²) in [6.07, 6.45) is 0.168. The van der Waals surface area contributed by atoms with Crippen LogP contribution in [0.15, 0.2) is 42.5 Å². The first-order valence-electron chi connectivity index (χ1n) is 11.7. The van der Waals surface area contributed by atoms with Crippen LogP contribution in [-0.2, 0) is 16.1 Å². The molecular formula is C25H25F2N5O4. The van der Waals surface area contributed by atoms with E-state index in [0.717, 1.165) is 16.2 Å². The summed E-state index contributed by atoms with van der Waals surface area (Å²) < 4.78 is 27.8. The van der Waals surface area contributed by atoms with Crippen molar-refractivity contribution in [1.29, 1.82) is 0 Å². The summed E-state index contributed by atoms with van der Waals surface area (Å²) in [5.41, 5.74) is 2.67. The van der Waals surface area contributed by atoms with Gasteiger partial charge in [0, 0.05) is 37.4 Å². The Bertz CT molecular complexity index is 1230. The van der Waals surface area contributed by atoms with Gasteiger partial charge in [0.2, 0.25) is 11.8 Å². The number of carbonyl (C=O) groups is 4. The van der Waals surface area contributed by atoms with Gasteiger partial charge in [-0.15, -0.1) is 0 Å². The molecule has 1 unspecified atom stereocenters. The average Bonchev–Trinajstić information content (AvgIpc) is 2.97. The Morgan fingerprint density at radius 2 is 1.75 bits per heavy atom. The number of fused-ring (bicyclic) bond motifs is 1. The van der Waals surface area contributed by atoms with Gasteiger partial charge in [0.1, 0.15) is 6.04 Å². The molecule has 2 aromatic carbocycles. The Hall–Kier alpha value is -3.86. The molecule has 1 atom stereocenters. The molecule has 188 valence electrons. The zero-order valence-electron chi connectivity index (χ0n) is 19.4. The van der Waals surface area contributed by atoms with Gasteiger partial charge in [-0.3, -0.25) is 29.4 Å². The Balaban J connectivity index is 1.24. The molecular weight excluding hydrogens is 472 g/mol. The maximum Gasteiger partial charge on any atom is 0.277 e. The molecule has 2 saturated heterocycles. The molecule has 3 N–H and O–H groups in total. The predicted molar refractivity (Wildman–Crippen MR) is 127 cm³/mol. The summed E-state index contributed by atoms with van der Waals surface area (Å²) >= 11 is 0. The van der Waals surface area contributed by atoms with Crippen LogP contribution in [0.1, 0.15) is 39.1 Å². The first-order valence-corrected chi connectivity index (χ1v) is 11.7. The van der Waals surface area contributed by atoms with Crippen LogP contribution in [0.4, 0.5) is 20.2 Å². The number of halogens is 2. The van der Waals surface area contributed by atoms with Gasteiger partial charge in [0.25, 0.3) is 17.7 Å². The van der Waals surface area contributed by atoms with Gasteiger partial charge in [0.05, 0.1) is 24.2 Å². The van der Waals surface area contributed by atoms with Crippen molar-refractivity contribution in [2.75, 3.05) is 36.4 Å². The van der Waals surface area contributed by atoms with Crippen LogP contribution < -0.4 is 20.9 Å². The van der Waals surface area contributed by atoms with E-state index in [9.17, 15) is 28.0 Å². The number of anilines is 2. The number of rotatable bonds is 5. The Morgan fingerprint density at radius 1 is 1.00 bits per heavy atom. The van der Waals surface area contributed by atoms with E-state index < -0.39 is 35.6 Å². The number of imide groups is 2. The standard InChI is InChI=1S/C25H25F2N5O4/c26-25(27)13-28-9-10-31(14-25)17-4-2-16(3-5-17)29-12-15-1-6-18-19(11-15)24(36)32(23(18)35)20-7-8-21(33)30-22(20)34/h1-6,11,20,28-29H,7-10,12-14H2,(H,30,33,34). The lowest BCUT2D eigenvalue weighted by atomic mass is 10.0. The summed E-state index contributed by atoms with van der Waals surface area (Å²) in [7, 11) is 0. The maximum absolute atomic E-state index is 13.9. The molecule has 2 fully saturated rings. The summed E-state index contributed by atoms with van der Waals surface area (Å²) in [4.78, 5) is 52.0. The van der Waals surface area contributed by atoms with Crippen LogP contribution in [0.3, 0.4) is 0 Å². The zero-order chi connectivity index (χ0) is 25.4. The summed E-state index contributed by atoms with van der Waals surface area (Å²) in [6, 6.07) is 11.1. The van der Waals surface area contributed by atoms with Crippen LogP contribution >= 0.6 is 0 Å². The summed E-state index contributed by atoms with van der Waals surface area (Å²) in [5.74, 6) is -4.97. The van der Waals surface area contributed by atoms with Crippen LogP contribution in [-0.4, -0.2) is 66.7 Å². The highest BCUT2D eigenvalue weighted by Crippen LogP contribution is 2.29. The third kappa shape index (κ3) is 4.66. The molecule has 36 heavy (non-hydrogen) atoms. The summed E-state index contributed by atoms with van der Waals surface area (Å²) in [5, 5.41) is 8.16. The number of piperidine rings is 1. The van der Waals surface area contributed by atoms with E-state index in [-0.39, 0.29) is 37.1 Å². The van der Waals surface area contributed by atoms with Crippen molar-refractivity contribution in [3.8, 4) is 0 Å². The van der Waals surface area contributed by atoms with Gasteiger partial charge in [-0.05, 0) is 48.4 Å². The minimum atomic E-state index is -2.80. The van der Waals surface area contributed by atoms with Crippen molar-refractivity contribution in [2.24, 2.45) is 0 Å². The molecule has 0 saturated carbocycles. The molecule has 0 spiro atoms. The molecule has 3 heterocycles. The van der Waals surface area contributed by atoms with Crippen molar-refractivity contribution in [3.63, 3.8) is 0 Å². The Labute approximate surface area is 205 Å². The molecule has 0 aliphatic carbocycles. The van der Waals surface area contributed by atoms with Gasteiger partial charge < -0.3 is 15.5 Å². The number of nitrogens with one attached hydrogen (secondary N) is 3. The minimum Gasteiger partial charge on any atom is -0.381 e. The fraction of sp³-hybridized carbons (Fsp3) is 0.360. The van der Waals surface area contributed by atoms with Crippen molar-refractivity contribution in [3.05, 3.63) is 59.2 Å². The molecule has 0 aromatic heterocycles. The number of nitrogens with zero attached hydrogens (tertiary/aromatic N) is 2. The maximum atomic E-state index is 13.9. The van der Waals surface area contributed by atoms with Crippen LogP contribution in [0.2, 0.25) is 0 Å². The van der Waals surface area contributed by atoms with Crippen molar-refractivity contribution >= 4 is 35.0 Å². The zero-order valence-corrected chi connectivity index (χ0v) is 19.4. The van der Waals surface area contributed by atoms with Crippen molar-refractivity contribution < 1.29 is 28.0 Å². The van der Waals surface area contributed by atoms with E-state index in [1.165, 1.54) is 0 Å². The highest BCUT2D eigenvalue weighted by Gasteiger charge is 2.44. The third-order valence-electron chi connectivity index (χ3n) is 6.60. The Morgan fingerprint density at radius 3 is 2.50 bits per heavy atom. The fourth-order valence-electron chi connectivity index (χ4n) is 4.74. The number of carbonyl (C=O) groups excluding carboxylic acids is 4. The average molecular weight is 498 g/mol. The molecule has 3 aliphatic heterocycles. The number of hydrogen-bond acceptors (Lipinski definition) is 7. The second-order valence-corrected chi connectivity index (χ2v) is 9.18. The van der Waals surface area contributed by atoms with E-state index in [2.05, 4.69) is 16.0 Å². The van der Waals surface area contributed by atoms with E-state index >= 15 is 0 Å². The molecule has 2 aromatic rings. The number of benzene rings is 2. The van der Waals surface area contributed by atoms with Crippen LogP contribution in [0, 0.1) is 0 Å². The van der Waals surface area contributed by atoms with Gasteiger partial charge in [0.15, 0.2) is 0 Å². The van der Waals surface area contributed by atoms with E-state index in [1.807, 2.05) is 0 Å². The SMILES string of the molecule is O=C1CCC(N2C(=O)c3ccc(CNc4ccc(N5CCNCC(F)(F)C5)cc4)cc3C2=O)C(=O)N1. The fourth-order valence-corrected chi connectivity index (χ4v) is 4.74. The third-order valence-corrected chi connectivity index (χ3v) is 6.60. The smallest absolute Gasteiger partial charge is 0.277 e. The number of hydrogen-bond donors (Lipinski definition) is 3. The quantitative estimate of drug-likeness (QED) is 0.540. The minimum absolute atomic E-state index is 0.0643. The number of amides is 4. The summed E-state index contributed by atoms with van der Waals surface area (Å²) in [6.45, 7) is 0.655. The predicted octanol–water partition coefficient (Wildman–Crippen LogP) is 1.74. The molecule has 9 nitrogen and oxygen atoms in total. The second kappa shape index (κ2) is 9.30. The highest BCUT2D eigenvalue weighted by molar-refractivity contribution is 6.23. The topological polar surface area (TPSA) is 111 Å². The lowest BCUT2D eigenvalue weighted by molar-refractivity contribution is -0.136. The first-order chi connectivity index (χ1) is 17.2. The molecule has 0 bridgehead atoms. The second-order valence-electron chi connectivity index (χ2n) is 9.18. The lowest BCUT2D eigenvalue weighted by Gasteiger charge is -2.27. The Kier molecular flexibility index (Phi) is 6.17. The molecule has 11 heteroatoms. The van der Waals surface area contributed by atoms with E-state index in [1.54, 1.807) is 47.4 Å². The molecule has 3 aliphatic rings. The van der Waals surface area contributed by atoms with Gasteiger partial charge in [-0.2, -0.15) is 0 Å². The largest absolute Gasteiger partial charge is 0.381 e. The normalized spacial score (nSPS) is 21.8. The van der Waals surface area contributed by atoms with Crippen molar-refractivity contribution in [2.45, 2.75) is 31.4 Å². The van der Waals surface area contributed by atoms with Crippen molar-refractivity contribution in [1.82, 2.24) is 15.5 Å². The van der Waals surface area contributed by atoms with Crippen LogP contribution in [0.25, 0.3) is 0 Å². The van der Waals surface area contributed by atoms with Crippen LogP contribution in [0.5, 0.6) is 0 Å². The lowest BCUT2D eigenvalue weighted by Crippen LogP contribution is -2.54. The highest BCUT2D eigenvalue weighted by atomic mass is 19.3. The first kappa shape index (κ1) is 23.9. The molecule has 5 rings (SSSR count). The van der Waals surface area contributed by atoms with E-state index in [0.29, 0.717) is 25.3 Å².